The molecule has 1 aliphatic heterocycles. The first-order valence-electron chi connectivity index (χ1n) is 5.65. The van der Waals surface area contributed by atoms with Crippen LogP contribution in [0.5, 0.6) is 0 Å². The largest absolute Gasteiger partial charge is 0.358 e. The lowest BCUT2D eigenvalue weighted by Gasteiger charge is -2.17. The first-order chi connectivity index (χ1) is 7.75. The van der Waals surface area contributed by atoms with E-state index in [0.29, 0.717) is 0 Å². The van der Waals surface area contributed by atoms with Crippen LogP contribution in [-0.4, -0.2) is 37.8 Å². The fourth-order valence-corrected chi connectivity index (χ4v) is 3.16. The summed E-state index contributed by atoms with van der Waals surface area (Å²) in [6.45, 7) is 2.30. The Balaban J connectivity index is 1.69. The molecule has 0 atom stereocenters. The molecule has 88 valence electrons. The molecule has 0 bridgehead atoms. The highest BCUT2D eigenvalue weighted by atomic mass is 32.2. The predicted molar refractivity (Wildman–Crippen MR) is 72.8 cm³/mol. The molecule has 1 saturated heterocycles. The van der Waals surface area contributed by atoms with Crippen molar-refractivity contribution in [3.8, 4) is 0 Å². The SMILES string of the molecule is Cn1cc(CCSC(=S)N2CCCC2)cn1. The molecule has 0 saturated carbocycles. The minimum Gasteiger partial charge on any atom is -0.358 e. The summed E-state index contributed by atoms with van der Waals surface area (Å²) in [7, 11) is 1.95. The maximum Gasteiger partial charge on any atom is 0.136 e. The molecule has 0 aromatic carbocycles. The van der Waals surface area contributed by atoms with Crippen LogP contribution in [-0.2, 0) is 13.5 Å². The van der Waals surface area contributed by atoms with E-state index in [2.05, 4.69) is 16.2 Å². The van der Waals surface area contributed by atoms with E-state index in [4.69, 9.17) is 12.2 Å². The van der Waals surface area contributed by atoms with Crippen LogP contribution in [0.2, 0.25) is 0 Å². The molecule has 0 spiro atoms. The van der Waals surface area contributed by atoms with E-state index in [-0.39, 0.29) is 0 Å². The van der Waals surface area contributed by atoms with E-state index in [1.165, 1.54) is 18.4 Å². The maximum atomic E-state index is 5.40. The summed E-state index contributed by atoms with van der Waals surface area (Å²) >= 11 is 7.20. The highest BCUT2D eigenvalue weighted by Crippen LogP contribution is 2.17. The summed E-state index contributed by atoms with van der Waals surface area (Å²) in [4.78, 5) is 2.32. The van der Waals surface area contributed by atoms with Gasteiger partial charge in [-0.05, 0) is 24.8 Å². The maximum absolute atomic E-state index is 5.40. The third-order valence-corrected chi connectivity index (χ3v) is 4.26. The number of likely N-dealkylation sites (tertiary alicyclic amines) is 1. The number of rotatable bonds is 3. The lowest BCUT2D eigenvalue weighted by atomic mass is 10.3. The van der Waals surface area contributed by atoms with Gasteiger partial charge >= 0.3 is 0 Å². The summed E-state index contributed by atoms with van der Waals surface area (Å²) in [5.41, 5.74) is 1.29. The van der Waals surface area contributed by atoms with Crippen LogP contribution >= 0.6 is 24.0 Å². The van der Waals surface area contributed by atoms with Crippen LogP contribution in [0.3, 0.4) is 0 Å². The Kier molecular flexibility index (Phi) is 4.23. The second-order valence-corrected chi connectivity index (χ2v) is 5.81. The second-order valence-electron chi connectivity index (χ2n) is 4.08. The van der Waals surface area contributed by atoms with Gasteiger partial charge in [0.1, 0.15) is 4.32 Å². The minimum atomic E-state index is 1.05. The molecular formula is C11H17N3S2. The van der Waals surface area contributed by atoms with Gasteiger partial charge in [0.2, 0.25) is 0 Å². The van der Waals surface area contributed by atoms with Crippen LogP contribution in [0.4, 0.5) is 0 Å². The summed E-state index contributed by atoms with van der Waals surface area (Å²) in [6, 6.07) is 0. The molecule has 1 aromatic heterocycles. The fraction of sp³-hybridized carbons (Fsp3) is 0.636. The van der Waals surface area contributed by atoms with Gasteiger partial charge in [-0.25, -0.2) is 0 Å². The zero-order valence-electron chi connectivity index (χ0n) is 9.56. The molecule has 0 unspecified atom stereocenters. The smallest absolute Gasteiger partial charge is 0.136 e. The third-order valence-electron chi connectivity index (χ3n) is 2.74. The molecule has 5 heteroatoms. The first-order valence-corrected chi connectivity index (χ1v) is 7.04. The highest BCUT2D eigenvalue weighted by Gasteiger charge is 2.14. The lowest BCUT2D eigenvalue weighted by molar-refractivity contribution is 0.539. The number of aryl methyl sites for hydroxylation is 2. The number of hydrogen-bond acceptors (Lipinski definition) is 3. The van der Waals surface area contributed by atoms with Gasteiger partial charge < -0.3 is 4.90 Å². The van der Waals surface area contributed by atoms with Crippen molar-refractivity contribution in [3.05, 3.63) is 18.0 Å². The highest BCUT2D eigenvalue weighted by molar-refractivity contribution is 8.22. The number of nitrogens with zero attached hydrogens (tertiary/aromatic N) is 3. The van der Waals surface area contributed by atoms with Crippen molar-refractivity contribution < 1.29 is 0 Å². The van der Waals surface area contributed by atoms with Gasteiger partial charge in [0.15, 0.2) is 0 Å². The summed E-state index contributed by atoms with van der Waals surface area (Å²) in [5, 5.41) is 4.16. The molecular weight excluding hydrogens is 238 g/mol. The van der Waals surface area contributed by atoms with Crippen molar-refractivity contribution in [2.75, 3.05) is 18.8 Å². The number of thiocarbonyl (C=S) groups is 1. The Morgan fingerprint density at radius 3 is 2.88 bits per heavy atom. The van der Waals surface area contributed by atoms with Gasteiger partial charge in [0.25, 0.3) is 0 Å². The number of thioether (sulfide) groups is 1. The quantitative estimate of drug-likeness (QED) is 0.771. The Labute approximate surface area is 106 Å². The van der Waals surface area contributed by atoms with E-state index >= 15 is 0 Å². The molecule has 2 heterocycles. The van der Waals surface area contributed by atoms with Gasteiger partial charge in [-0.2, -0.15) is 5.10 Å². The van der Waals surface area contributed by atoms with Crippen LogP contribution in [0, 0.1) is 0 Å². The van der Waals surface area contributed by atoms with E-state index in [0.717, 1.165) is 29.6 Å². The fourth-order valence-electron chi connectivity index (χ4n) is 1.85. The van der Waals surface area contributed by atoms with Crippen molar-refractivity contribution in [2.45, 2.75) is 19.3 Å². The van der Waals surface area contributed by atoms with Crippen molar-refractivity contribution in [1.82, 2.24) is 14.7 Å². The monoisotopic (exact) mass is 255 g/mol. The number of aromatic nitrogens is 2. The van der Waals surface area contributed by atoms with Gasteiger partial charge in [-0.15, -0.1) is 0 Å². The molecule has 0 aliphatic carbocycles. The Morgan fingerprint density at radius 2 is 2.25 bits per heavy atom. The molecule has 1 aliphatic rings. The van der Waals surface area contributed by atoms with Crippen molar-refractivity contribution in [3.63, 3.8) is 0 Å². The molecule has 0 amide bonds. The van der Waals surface area contributed by atoms with E-state index in [1.54, 1.807) is 11.8 Å². The standard InChI is InChI=1S/C11H17N3S2/c1-13-9-10(8-12-13)4-7-16-11(15)14-5-2-3-6-14/h8-9H,2-7H2,1H3. The normalized spacial score (nSPS) is 15.7. The van der Waals surface area contributed by atoms with Gasteiger partial charge in [0.05, 0.1) is 6.20 Å². The molecule has 0 radical (unpaired) electrons. The summed E-state index contributed by atoms with van der Waals surface area (Å²) in [5.74, 6) is 1.06. The van der Waals surface area contributed by atoms with Crippen molar-refractivity contribution >= 4 is 28.3 Å². The van der Waals surface area contributed by atoms with E-state index in [1.807, 2.05) is 17.9 Å². The lowest BCUT2D eigenvalue weighted by Crippen LogP contribution is -2.23. The van der Waals surface area contributed by atoms with Crippen LogP contribution in [0.15, 0.2) is 12.4 Å². The van der Waals surface area contributed by atoms with E-state index in [9.17, 15) is 0 Å². The third kappa shape index (κ3) is 3.22. The Morgan fingerprint density at radius 1 is 1.50 bits per heavy atom. The van der Waals surface area contributed by atoms with E-state index < -0.39 is 0 Å². The summed E-state index contributed by atoms with van der Waals surface area (Å²) < 4.78 is 2.92. The van der Waals surface area contributed by atoms with Crippen LogP contribution < -0.4 is 0 Å². The van der Waals surface area contributed by atoms with Crippen LogP contribution in [0.25, 0.3) is 0 Å². The molecule has 16 heavy (non-hydrogen) atoms. The van der Waals surface area contributed by atoms with Gasteiger partial charge in [0, 0.05) is 32.1 Å². The average Bonchev–Trinajstić information content (AvgIpc) is 2.89. The summed E-state index contributed by atoms with van der Waals surface area (Å²) in [6.07, 6.45) is 7.64. The first kappa shape index (κ1) is 11.9. The zero-order chi connectivity index (χ0) is 11.4. The second kappa shape index (κ2) is 5.68. The number of hydrogen-bond donors (Lipinski definition) is 0. The van der Waals surface area contributed by atoms with Crippen molar-refractivity contribution in [2.24, 2.45) is 7.05 Å². The average molecular weight is 255 g/mol. The van der Waals surface area contributed by atoms with Crippen molar-refractivity contribution in [1.29, 1.82) is 0 Å². The Bertz CT molecular complexity index is 356. The molecule has 0 N–H and O–H groups in total. The van der Waals surface area contributed by atoms with Gasteiger partial charge in [-0.3, -0.25) is 4.68 Å². The van der Waals surface area contributed by atoms with Gasteiger partial charge in [-0.1, -0.05) is 24.0 Å². The van der Waals surface area contributed by atoms with Crippen LogP contribution in [0.1, 0.15) is 18.4 Å². The Hall–Kier alpha value is -0.550. The molecule has 2 rings (SSSR count). The molecule has 3 nitrogen and oxygen atoms in total. The molecule has 1 fully saturated rings. The topological polar surface area (TPSA) is 21.1 Å². The zero-order valence-corrected chi connectivity index (χ0v) is 11.2. The molecule has 1 aromatic rings. The minimum absolute atomic E-state index is 1.05. The predicted octanol–water partition coefficient (Wildman–Crippen LogP) is 2.08.